The van der Waals surface area contributed by atoms with E-state index in [1.54, 1.807) is 7.11 Å². The number of carbonyl (C=O) groups is 2. The lowest BCUT2D eigenvalue weighted by Gasteiger charge is -2.18. The molecule has 0 aliphatic carbocycles. The Labute approximate surface area is 112 Å². The van der Waals surface area contributed by atoms with E-state index in [1.165, 1.54) is 13.8 Å². The first-order valence-corrected chi connectivity index (χ1v) is 5.98. The second kappa shape index (κ2) is 6.22. The molecule has 0 aliphatic heterocycles. The number of hydrogen-bond donors (Lipinski definition) is 2. The van der Waals surface area contributed by atoms with E-state index < -0.39 is 11.4 Å². The van der Waals surface area contributed by atoms with Crippen LogP contribution in [0.5, 0.6) is 5.75 Å². The van der Waals surface area contributed by atoms with Crippen molar-refractivity contribution in [3.63, 3.8) is 0 Å². The van der Waals surface area contributed by atoms with Gasteiger partial charge in [-0.2, -0.15) is 0 Å². The lowest BCUT2D eigenvalue weighted by atomic mass is 9.89. The van der Waals surface area contributed by atoms with Gasteiger partial charge in [0.1, 0.15) is 5.75 Å². The molecule has 0 bridgehead atoms. The summed E-state index contributed by atoms with van der Waals surface area (Å²) in [4.78, 5) is 22.6. The van der Waals surface area contributed by atoms with Crippen molar-refractivity contribution < 1.29 is 19.4 Å². The molecule has 0 saturated carbocycles. The molecular formula is C14H19NO4. The SMILES string of the molecule is COc1cccc(CNC(=O)CC(C)(C)C(=O)O)c1. The highest BCUT2D eigenvalue weighted by Gasteiger charge is 2.29. The van der Waals surface area contributed by atoms with Gasteiger partial charge in [-0.1, -0.05) is 12.1 Å². The van der Waals surface area contributed by atoms with Gasteiger partial charge in [0.25, 0.3) is 0 Å². The number of rotatable bonds is 6. The van der Waals surface area contributed by atoms with E-state index in [9.17, 15) is 9.59 Å². The van der Waals surface area contributed by atoms with Crippen LogP contribution in [0.3, 0.4) is 0 Å². The highest BCUT2D eigenvalue weighted by Crippen LogP contribution is 2.20. The number of nitrogens with one attached hydrogen (secondary N) is 1. The van der Waals surface area contributed by atoms with E-state index in [2.05, 4.69) is 5.32 Å². The Morgan fingerprint density at radius 2 is 2.05 bits per heavy atom. The smallest absolute Gasteiger partial charge is 0.309 e. The molecule has 1 rings (SSSR count). The quantitative estimate of drug-likeness (QED) is 0.822. The van der Waals surface area contributed by atoms with Gasteiger partial charge in [-0.25, -0.2) is 0 Å². The molecule has 1 aromatic carbocycles. The average molecular weight is 265 g/mol. The fraction of sp³-hybridized carbons (Fsp3) is 0.429. The zero-order valence-electron chi connectivity index (χ0n) is 11.4. The number of amides is 1. The van der Waals surface area contributed by atoms with Gasteiger partial charge in [0, 0.05) is 13.0 Å². The molecule has 0 atom stereocenters. The first kappa shape index (κ1) is 15.0. The standard InChI is InChI=1S/C14H19NO4/c1-14(2,13(17)18)8-12(16)15-9-10-5-4-6-11(7-10)19-3/h4-7H,8-9H2,1-3H3,(H,15,16)(H,17,18). The van der Waals surface area contributed by atoms with Crippen LogP contribution in [-0.2, 0) is 16.1 Å². The lowest BCUT2D eigenvalue weighted by molar-refractivity contribution is -0.149. The Hall–Kier alpha value is -2.04. The van der Waals surface area contributed by atoms with Crippen LogP contribution in [0.1, 0.15) is 25.8 Å². The molecule has 0 heterocycles. The van der Waals surface area contributed by atoms with Crippen molar-refractivity contribution in [2.45, 2.75) is 26.8 Å². The summed E-state index contributed by atoms with van der Waals surface area (Å²) in [7, 11) is 1.58. The van der Waals surface area contributed by atoms with Gasteiger partial charge in [-0.3, -0.25) is 9.59 Å². The van der Waals surface area contributed by atoms with Crippen LogP contribution in [0.25, 0.3) is 0 Å². The zero-order chi connectivity index (χ0) is 14.5. The van der Waals surface area contributed by atoms with Crippen LogP contribution >= 0.6 is 0 Å². The molecule has 104 valence electrons. The number of benzene rings is 1. The predicted molar refractivity (Wildman–Crippen MR) is 70.9 cm³/mol. The molecule has 0 spiro atoms. The Kier molecular flexibility index (Phi) is 4.92. The fourth-order valence-corrected chi connectivity index (χ4v) is 1.52. The number of hydrogen-bond acceptors (Lipinski definition) is 3. The minimum Gasteiger partial charge on any atom is -0.497 e. The second-order valence-electron chi connectivity index (χ2n) is 4.99. The van der Waals surface area contributed by atoms with Crippen LogP contribution < -0.4 is 10.1 Å². The normalized spacial score (nSPS) is 10.9. The van der Waals surface area contributed by atoms with Gasteiger partial charge in [0.05, 0.1) is 12.5 Å². The molecule has 0 radical (unpaired) electrons. The number of carbonyl (C=O) groups excluding carboxylic acids is 1. The molecule has 0 unspecified atom stereocenters. The Morgan fingerprint density at radius 3 is 2.63 bits per heavy atom. The summed E-state index contributed by atoms with van der Waals surface area (Å²) in [6.45, 7) is 3.41. The number of ether oxygens (including phenoxy) is 1. The maximum absolute atomic E-state index is 11.7. The Balaban J connectivity index is 2.52. The molecule has 1 aromatic rings. The molecule has 5 heteroatoms. The summed E-state index contributed by atoms with van der Waals surface area (Å²) in [6, 6.07) is 7.34. The van der Waals surface area contributed by atoms with Gasteiger partial charge >= 0.3 is 5.97 Å². The lowest BCUT2D eigenvalue weighted by Crippen LogP contribution is -2.33. The first-order valence-electron chi connectivity index (χ1n) is 5.98. The molecule has 19 heavy (non-hydrogen) atoms. The average Bonchev–Trinajstić information content (AvgIpc) is 2.36. The summed E-state index contributed by atoms with van der Waals surface area (Å²) < 4.78 is 5.08. The first-order chi connectivity index (χ1) is 8.85. The van der Waals surface area contributed by atoms with Gasteiger partial charge in [0.15, 0.2) is 0 Å². The number of carboxylic acids is 1. The largest absolute Gasteiger partial charge is 0.497 e. The van der Waals surface area contributed by atoms with E-state index in [0.717, 1.165) is 11.3 Å². The Bertz CT molecular complexity index is 468. The molecular weight excluding hydrogens is 246 g/mol. The summed E-state index contributed by atoms with van der Waals surface area (Å²) >= 11 is 0. The monoisotopic (exact) mass is 265 g/mol. The summed E-state index contributed by atoms with van der Waals surface area (Å²) in [5, 5.41) is 11.7. The third-order valence-electron chi connectivity index (χ3n) is 2.81. The van der Waals surface area contributed by atoms with E-state index >= 15 is 0 Å². The minimum atomic E-state index is -1.06. The molecule has 1 amide bonds. The number of carboxylic acid groups (broad SMARTS) is 1. The third-order valence-corrected chi connectivity index (χ3v) is 2.81. The highest BCUT2D eigenvalue weighted by molar-refractivity contribution is 5.84. The maximum Gasteiger partial charge on any atom is 0.309 e. The molecule has 2 N–H and O–H groups in total. The van der Waals surface area contributed by atoms with Crippen molar-refractivity contribution >= 4 is 11.9 Å². The summed E-state index contributed by atoms with van der Waals surface area (Å²) in [6.07, 6.45) is -0.0493. The summed E-state index contributed by atoms with van der Waals surface area (Å²) in [5.74, 6) is -0.545. The predicted octanol–water partition coefficient (Wildman–Crippen LogP) is 1.81. The highest BCUT2D eigenvalue weighted by atomic mass is 16.5. The molecule has 0 saturated heterocycles. The van der Waals surface area contributed by atoms with E-state index in [1.807, 2.05) is 24.3 Å². The molecule has 5 nitrogen and oxygen atoms in total. The van der Waals surface area contributed by atoms with Crippen LogP contribution in [0.15, 0.2) is 24.3 Å². The zero-order valence-corrected chi connectivity index (χ0v) is 11.4. The van der Waals surface area contributed by atoms with Crippen molar-refractivity contribution in [3.05, 3.63) is 29.8 Å². The molecule has 0 fully saturated rings. The van der Waals surface area contributed by atoms with E-state index in [4.69, 9.17) is 9.84 Å². The van der Waals surface area contributed by atoms with Crippen molar-refractivity contribution in [2.24, 2.45) is 5.41 Å². The van der Waals surface area contributed by atoms with Crippen molar-refractivity contribution in [2.75, 3.05) is 7.11 Å². The van der Waals surface area contributed by atoms with Crippen molar-refractivity contribution in [1.29, 1.82) is 0 Å². The third kappa shape index (κ3) is 4.62. The van der Waals surface area contributed by atoms with E-state index in [0.29, 0.717) is 6.54 Å². The van der Waals surface area contributed by atoms with Crippen molar-refractivity contribution in [3.8, 4) is 5.75 Å². The van der Waals surface area contributed by atoms with E-state index in [-0.39, 0.29) is 12.3 Å². The number of aliphatic carboxylic acids is 1. The van der Waals surface area contributed by atoms with Gasteiger partial charge in [-0.15, -0.1) is 0 Å². The second-order valence-corrected chi connectivity index (χ2v) is 4.99. The molecule has 0 aromatic heterocycles. The minimum absolute atomic E-state index is 0.0493. The van der Waals surface area contributed by atoms with Crippen molar-refractivity contribution in [1.82, 2.24) is 5.32 Å². The van der Waals surface area contributed by atoms with Gasteiger partial charge < -0.3 is 15.2 Å². The van der Waals surface area contributed by atoms with Crippen LogP contribution in [0.4, 0.5) is 0 Å². The van der Waals surface area contributed by atoms with Crippen LogP contribution in [0.2, 0.25) is 0 Å². The summed E-state index contributed by atoms with van der Waals surface area (Å²) in [5.41, 5.74) is -0.154. The van der Waals surface area contributed by atoms with Crippen LogP contribution in [0, 0.1) is 5.41 Å². The fourth-order valence-electron chi connectivity index (χ4n) is 1.52. The topological polar surface area (TPSA) is 75.6 Å². The van der Waals surface area contributed by atoms with Gasteiger partial charge in [-0.05, 0) is 31.5 Å². The van der Waals surface area contributed by atoms with Gasteiger partial charge in [0.2, 0.25) is 5.91 Å². The molecule has 0 aliphatic rings. The Morgan fingerprint density at radius 1 is 1.37 bits per heavy atom. The van der Waals surface area contributed by atoms with Crippen LogP contribution in [-0.4, -0.2) is 24.1 Å². The maximum atomic E-state index is 11.7. The number of methoxy groups -OCH3 is 1.